The van der Waals surface area contributed by atoms with Crippen molar-refractivity contribution >= 4 is 16.9 Å². The number of rotatable bonds is 4. The fraction of sp³-hybridized carbons (Fsp3) is 0.250. The van der Waals surface area contributed by atoms with Gasteiger partial charge < -0.3 is 14.6 Å². The Bertz CT molecular complexity index is 1500. The first kappa shape index (κ1) is 19.7. The number of nitrogens with zero attached hydrogens (tertiary/aromatic N) is 6. The average molecular weight is 441 g/mol. The molecule has 0 unspecified atom stereocenters. The number of hydrogen-bond acceptors (Lipinski definition) is 5. The smallest absolute Gasteiger partial charge is 0.258 e. The Morgan fingerprint density at radius 2 is 2.15 bits per heavy atom. The molecule has 33 heavy (non-hydrogen) atoms. The number of amides is 1. The highest BCUT2D eigenvalue weighted by Crippen LogP contribution is 2.35. The summed E-state index contributed by atoms with van der Waals surface area (Å²) in [5.41, 5.74) is 7.14. The Morgan fingerprint density at radius 1 is 1.24 bits per heavy atom. The number of ether oxygens (including phenoxy) is 1. The van der Waals surface area contributed by atoms with Crippen molar-refractivity contribution in [3.05, 3.63) is 89.0 Å². The lowest BCUT2D eigenvalue weighted by Gasteiger charge is -2.33. The molecule has 1 N–H and O–H groups in total. The van der Waals surface area contributed by atoms with Gasteiger partial charge in [-0.05, 0) is 36.2 Å². The largest absolute Gasteiger partial charge is 0.380 e. The molecule has 0 saturated carbocycles. The number of carbonyl (C=O) groups is 1. The Balaban J connectivity index is 1.44. The van der Waals surface area contributed by atoms with Gasteiger partial charge in [-0.15, -0.1) is 0 Å². The minimum absolute atomic E-state index is 0.0862. The molecule has 9 heteroatoms. The molecule has 0 spiro atoms. The highest BCUT2D eigenvalue weighted by atomic mass is 16.5. The average Bonchev–Trinajstić information content (AvgIpc) is 3.56. The fourth-order valence-electron chi connectivity index (χ4n) is 4.70. The van der Waals surface area contributed by atoms with Crippen molar-refractivity contribution < 1.29 is 9.53 Å². The first-order valence-corrected chi connectivity index (χ1v) is 10.9. The van der Waals surface area contributed by atoms with E-state index in [0.717, 1.165) is 39.2 Å². The van der Waals surface area contributed by atoms with Crippen molar-refractivity contribution in [2.45, 2.75) is 26.0 Å². The molecule has 0 aliphatic carbocycles. The fourth-order valence-corrected chi connectivity index (χ4v) is 4.70. The molecule has 0 radical (unpaired) electrons. The molecule has 0 bridgehead atoms. The van der Waals surface area contributed by atoms with E-state index in [1.807, 2.05) is 40.0 Å². The van der Waals surface area contributed by atoms with Crippen LogP contribution in [0.2, 0.25) is 0 Å². The van der Waals surface area contributed by atoms with Gasteiger partial charge in [0.25, 0.3) is 5.91 Å². The van der Waals surface area contributed by atoms with E-state index >= 15 is 0 Å². The van der Waals surface area contributed by atoms with Crippen molar-refractivity contribution in [2.24, 2.45) is 0 Å². The number of hydrogen-bond donors (Lipinski definition) is 1. The van der Waals surface area contributed by atoms with Crippen molar-refractivity contribution in [2.75, 3.05) is 13.7 Å². The second kappa shape index (κ2) is 7.56. The zero-order valence-corrected chi connectivity index (χ0v) is 18.4. The summed E-state index contributed by atoms with van der Waals surface area (Å²) in [5, 5.41) is 9.25. The molecule has 6 rings (SSSR count). The van der Waals surface area contributed by atoms with Crippen molar-refractivity contribution in [3.63, 3.8) is 0 Å². The maximum atomic E-state index is 13.9. The lowest BCUT2D eigenvalue weighted by molar-refractivity contribution is 0.0689. The van der Waals surface area contributed by atoms with Crippen LogP contribution in [0.15, 0.2) is 55.2 Å². The molecule has 0 saturated heterocycles. The number of pyridine rings is 2. The van der Waals surface area contributed by atoms with Gasteiger partial charge in [0, 0.05) is 38.2 Å². The monoisotopic (exact) mass is 441 g/mol. The molecule has 1 aliphatic rings. The van der Waals surface area contributed by atoms with E-state index in [-0.39, 0.29) is 11.9 Å². The summed E-state index contributed by atoms with van der Waals surface area (Å²) in [5.74, 6) is -0.0862. The van der Waals surface area contributed by atoms with E-state index in [0.29, 0.717) is 25.1 Å². The number of aromatic nitrogens is 6. The van der Waals surface area contributed by atoms with Gasteiger partial charge in [-0.3, -0.25) is 4.79 Å². The molecule has 5 aromatic rings. The summed E-state index contributed by atoms with van der Waals surface area (Å²) >= 11 is 0. The predicted molar refractivity (Wildman–Crippen MR) is 121 cm³/mol. The van der Waals surface area contributed by atoms with Gasteiger partial charge in [0.2, 0.25) is 0 Å². The maximum Gasteiger partial charge on any atom is 0.258 e. The van der Waals surface area contributed by atoms with E-state index in [1.165, 1.54) is 0 Å². The third-order valence-electron chi connectivity index (χ3n) is 6.32. The summed E-state index contributed by atoms with van der Waals surface area (Å²) in [4.78, 5) is 23.5. The third-order valence-corrected chi connectivity index (χ3v) is 6.32. The van der Waals surface area contributed by atoms with E-state index in [9.17, 15) is 4.79 Å². The molecule has 9 nitrogen and oxygen atoms in total. The minimum Gasteiger partial charge on any atom is -0.380 e. The van der Waals surface area contributed by atoms with Crippen molar-refractivity contribution in [1.29, 1.82) is 0 Å². The van der Waals surface area contributed by atoms with Crippen LogP contribution in [0.25, 0.3) is 11.0 Å². The normalized spacial score (nSPS) is 15.9. The van der Waals surface area contributed by atoms with Crippen LogP contribution in [0.4, 0.5) is 0 Å². The Hall–Kier alpha value is -3.98. The number of methoxy groups -OCH3 is 1. The Kier molecular flexibility index (Phi) is 4.51. The summed E-state index contributed by atoms with van der Waals surface area (Å²) in [7, 11) is 1.66. The van der Waals surface area contributed by atoms with Gasteiger partial charge in [0.1, 0.15) is 6.04 Å². The van der Waals surface area contributed by atoms with Crippen LogP contribution in [0, 0.1) is 6.92 Å². The first-order chi connectivity index (χ1) is 16.1. The summed E-state index contributed by atoms with van der Waals surface area (Å²) in [6, 6.07) is 9.58. The SMILES string of the molecule is COCc1ccc2c(C(=O)N3CCc4[nH]cnc4[C@H]3c3cc4c(C)cccn4n3)cnn2c1. The number of aromatic amines is 1. The number of nitrogens with one attached hydrogen (secondary N) is 1. The predicted octanol–water partition coefficient (Wildman–Crippen LogP) is 2.95. The van der Waals surface area contributed by atoms with Gasteiger partial charge in [0.15, 0.2) is 0 Å². The molecule has 0 fully saturated rings. The topological polar surface area (TPSA) is 92.8 Å². The van der Waals surface area contributed by atoms with Gasteiger partial charge >= 0.3 is 0 Å². The Morgan fingerprint density at radius 3 is 3.00 bits per heavy atom. The number of imidazole rings is 1. The van der Waals surface area contributed by atoms with Gasteiger partial charge in [-0.2, -0.15) is 10.2 Å². The number of fused-ring (bicyclic) bond motifs is 3. The lowest BCUT2D eigenvalue weighted by atomic mass is 9.98. The summed E-state index contributed by atoms with van der Waals surface area (Å²) in [6.45, 7) is 3.11. The second-order valence-electron chi connectivity index (χ2n) is 8.37. The van der Waals surface area contributed by atoms with Crippen LogP contribution in [0.1, 0.15) is 44.6 Å². The van der Waals surface area contributed by atoms with Crippen LogP contribution in [-0.2, 0) is 17.8 Å². The lowest BCUT2D eigenvalue weighted by Crippen LogP contribution is -2.41. The molecule has 0 aromatic carbocycles. The summed E-state index contributed by atoms with van der Waals surface area (Å²) in [6.07, 6.45) is 7.86. The van der Waals surface area contributed by atoms with Gasteiger partial charge in [-0.1, -0.05) is 12.1 Å². The zero-order chi connectivity index (χ0) is 22.5. The van der Waals surface area contributed by atoms with Crippen molar-refractivity contribution in [1.82, 2.24) is 34.1 Å². The van der Waals surface area contributed by atoms with Crippen LogP contribution in [-0.4, -0.2) is 53.7 Å². The molecular weight excluding hydrogens is 418 g/mol. The Labute approximate surface area is 189 Å². The highest BCUT2D eigenvalue weighted by molar-refractivity contribution is 6.01. The number of H-pyrrole nitrogens is 1. The molecule has 166 valence electrons. The molecule has 1 aliphatic heterocycles. The summed E-state index contributed by atoms with van der Waals surface area (Å²) < 4.78 is 8.81. The minimum atomic E-state index is -0.380. The number of aryl methyl sites for hydroxylation is 1. The van der Waals surface area contributed by atoms with E-state index in [1.54, 1.807) is 24.1 Å². The van der Waals surface area contributed by atoms with Crippen molar-refractivity contribution in [3.8, 4) is 0 Å². The second-order valence-corrected chi connectivity index (χ2v) is 8.37. The standard InChI is InChI=1S/C24H23N7O2/c1-15-4-3-8-30-21(15)10-19(28-30)23-22-18(25-14-26-22)7-9-29(23)24(32)17-11-27-31-12-16(13-33-2)5-6-20(17)31/h3-6,8,10-12,14,23H,7,9,13H2,1-2H3,(H,25,26)/t23-/m1/s1. The molecule has 5 aromatic heterocycles. The van der Waals surface area contributed by atoms with E-state index in [2.05, 4.69) is 34.1 Å². The zero-order valence-electron chi connectivity index (χ0n) is 18.4. The number of carbonyl (C=O) groups excluding carboxylic acids is 1. The molecular formula is C24H23N7O2. The quantitative estimate of drug-likeness (QED) is 0.463. The molecule has 6 heterocycles. The van der Waals surface area contributed by atoms with E-state index < -0.39 is 0 Å². The maximum absolute atomic E-state index is 13.9. The third kappa shape index (κ3) is 3.12. The molecule has 1 atom stereocenters. The van der Waals surface area contributed by atoms with E-state index in [4.69, 9.17) is 9.84 Å². The van der Waals surface area contributed by atoms with Crippen LogP contribution >= 0.6 is 0 Å². The van der Waals surface area contributed by atoms with Crippen LogP contribution in [0.3, 0.4) is 0 Å². The molecule has 1 amide bonds. The van der Waals surface area contributed by atoms with Crippen LogP contribution in [0.5, 0.6) is 0 Å². The first-order valence-electron chi connectivity index (χ1n) is 10.9. The van der Waals surface area contributed by atoms with Crippen LogP contribution < -0.4 is 0 Å². The highest BCUT2D eigenvalue weighted by Gasteiger charge is 2.37. The van der Waals surface area contributed by atoms with Gasteiger partial charge in [-0.25, -0.2) is 14.0 Å². The van der Waals surface area contributed by atoms with Gasteiger partial charge in [0.05, 0.1) is 47.1 Å².